The Morgan fingerprint density at radius 3 is 2.67 bits per heavy atom. The van der Waals surface area contributed by atoms with Crippen LogP contribution in [0.3, 0.4) is 0 Å². The number of oxazole rings is 1. The van der Waals surface area contributed by atoms with E-state index in [-0.39, 0.29) is 5.91 Å². The zero-order chi connectivity index (χ0) is 15.2. The molecule has 21 heavy (non-hydrogen) atoms. The molecule has 1 heterocycles. The number of rotatable bonds is 6. The molecule has 0 saturated heterocycles. The molecule has 112 valence electrons. The van der Waals surface area contributed by atoms with Crippen LogP contribution in [-0.2, 0) is 11.2 Å². The summed E-state index contributed by atoms with van der Waals surface area (Å²) in [5.41, 5.74) is 2.21. The van der Waals surface area contributed by atoms with E-state index in [4.69, 9.17) is 4.42 Å². The fraction of sp³-hybridized carbons (Fsp3) is 0.412. The lowest BCUT2D eigenvalue weighted by Crippen LogP contribution is -2.27. The van der Waals surface area contributed by atoms with E-state index in [9.17, 15) is 4.79 Å². The van der Waals surface area contributed by atoms with E-state index in [2.05, 4.69) is 24.1 Å². The van der Waals surface area contributed by atoms with Crippen molar-refractivity contribution in [3.63, 3.8) is 0 Å². The van der Waals surface area contributed by atoms with E-state index in [1.54, 1.807) is 6.20 Å². The molecule has 0 aliphatic heterocycles. The van der Waals surface area contributed by atoms with E-state index in [1.807, 2.05) is 31.2 Å². The van der Waals surface area contributed by atoms with Gasteiger partial charge in [-0.25, -0.2) is 4.98 Å². The average Bonchev–Trinajstić information content (AvgIpc) is 2.92. The molecule has 2 rings (SSSR count). The summed E-state index contributed by atoms with van der Waals surface area (Å²) < 4.78 is 5.69. The predicted molar refractivity (Wildman–Crippen MR) is 82.8 cm³/mol. The van der Waals surface area contributed by atoms with Gasteiger partial charge < -0.3 is 9.73 Å². The number of carbonyl (C=O) groups is 1. The van der Waals surface area contributed by atoms with Crippen molar-refractivity contribution in [3.8, 4) is 11.3 Å². The number of aryl methyl sites for hydroxylation is 2. The number of aromatic nitrogens is 1. The van der Waals surface area contributed by atoms with Crippen LogP contribution in [0.5, 0.6) is 0 Å². The normalized spacial score (nSPS) is 10.9. The largest absolute Gasteiger partial charge is 0.441 e. The van der Waals surface area contributed by atoms with Crippen molar-refractivity contribution in [2.24, 2.45) is 5.92 Å². The third-order valence-corrected chi connectivity index (χ3v) is 3.16. The first-order valence-corrected chi connectivity index (χ1v) is 7.33. The Hall–Kier alpha value is -2.10. The van der Waals surface area contributed by atoms with Gasteiger partial charge in [-0.05, 0) is 12.8 Å². The van der Waals surface area contributed by atoms with Crippen LogP contribution in [0.4, 0.5) is 0 Å². The minimum absolute atomic E-state index is 0.0405. The van der Waals surface area contributed by atoms with E-state index in [1.165, 1.54) is 5.56 Å². The van der Waals surface area contributed by atoms with Crippen LogP contribution < -0.4 is 5.32 Å². The van der Waals surface area contributed by atoms with E-state index < -0.39 is 0 Å². The van der Waals surface area contributed by atoms with Crippen molar-refractivity contribution in [2.75, 3.05) is 6.54 Å². The Morgan fingerprint density at radius 1 is 1.29 bits per heavy atom. The molecule has 0 bridgehead atoms. The minimum Gasteiger partial charge on any atom is -0.441 e. The van der Waals surface area contributed by atoms with Gasteiger partial charge >= 0.3 is 0 Å². The summed E-state index contributed by atoms with van der Waals surface area (Å²) >= 11 is 0. The number of nitrogens with zero attached hydrogens (tertiary/aromatic N) is 1. The topological polar surface area (TPSA) is 55.1 Å². The summed E-state index contributed by atoms with van der Waals surface area (Å²) in [7, 11) is 0. The van der Waals surface area contributed by atoms with Gasteiger partial charge in [-0.1, -0.05) is 43.7 Å². The van der Waals surface area contributed by atoms with Gasteiger partial charge in [0.15, 0.2) is 11.7 Å². The second-order valence-electron chi connectivity index (χ2n) is 5.68. The lowest BCUT2D eigenvalue weighted by Gasteiger charge is -2.06. The maximum Gasteiger partial charge on any atom is 0.220 e. The summed E-state index contributed by atoms with van der Waals surface area (Å²) in [5, 5.41) is 2.89. The maximum atomic E-state index is 11.7. The Bertz CT molecular complexity index is 585. The first-order valence-electron chi connectivity index (χ1n) is 7.33. The molecule has 0 saturated carbocycles. The molecule has 4 nitrogen and oxygen atoms in total. The van der Waals surface area contributed by atoms with E-state index >= 15 is 0 Å². The molecule has 0 radical (unpaired) electrons. The maximum absolute atomic E-state index is 11.7. The van der Waals surface area contributed by atoms with Crippen LogP contribution in [-0.4, -0.2) is 17.4 Å². The van der Waals surface area contributed by atoms with Crippen LogP contribution in [0.2, 0.25) is 0 Å². The molecule has 0 fully saturated rings. The number of nitrogens with one attached hydrogen (secondary N) is 1. The standard InChI is InChI=1S/C17H22N2O2/c1-12(2)10-18-16(20)8-9-17-19-11-15(21-17)14-6-4-13(3)5-7-14/h4-7,11-12H,8-10H2,1-3H3,(H,18,20). The molecule has 0 spiro atoms. The molecule has 0 atom stereocenters. The second-order valence-corrected chi connectivity index (χ2v) is 5.68. The van der Waals surface area contributed by atoms with Crippen LogP contribution in [0, 0.1) is 12.8 Å². The number of hydrogen-bond donors (Lipinski definition) is 1. The van der Waals surface area contributed by atoms with Gasteiger partial charge in [0.1, 0.15) is 0 Å². The molecular formula is C17H22N2O2. The highest BCUT2D eigenvalue weighted by atomic mass is 16.4. The molecule has 4 heteroatoms. The number of amides is 1. The average molecular weight is 286 g/mol. The van der Waals surface area contributed by atoms with Crippen molar-refractivity contribution in [1.82, 2.24) is 10.3 Å². The van der Waals surface area contributed by atoms with Crippen molar-refractivity contribution < 1.29 is 9.21 Å². The highest BCUT2D eigenvalue weighted by Crippen LogP contribution is 2.21. The second kappa shape index (κ2) is 7.07. The zero-order valence-corrected chi connectivity index (χ0v) is 12.8. The summed E-state index contributed by atoms with van der Waals surface area (Å²) in [5.74, 6) is 1.85. The monoisotopic (exact) mass is 286 g/mol. The third-order valence-electron chi connectivity index (χ3n) is 3.16. The fourth-order valence-corrected chi connectivity index (χ4v) is 1.90. The summed E-state index contributed by atoms with van der Waals surface area (Å²) in [6, 6.07) is 8.09. The third kappa shape index (κ3) is 4.74. The molecule has 1 N–H and O–H groups in total. The van der Waals surface area contributed by atoms with Gasteiger partial charge in [0, 0.05) is 24.9 Å². The Labute approximate surface area is 125 Å². The number of hydrogen-bond acceptors (Lipinski definition) is 3. The molecule has 2 aromatic rings. The van der Waals surface area contributed by atoms with Gasteiger partial charge in [-0.2, -0.15) is 0 Å². The Morgan fingerprint density at radius 2 is 2.00 bits per heavy atom. The van der Waals surface area contributed by atoms with Gasteiger partial charge in [-0.3, -0.25) is 4.79 Å². The van der Waals surface area contributed by atoms with Crippen molar-refractivity contribution in [3.05, 3.63) is 41.9 Å². The molecule has 1 amide bonds. The Kier molecular flexibility index (Phi) is 5.14. The predicted octanol–water partition coefficient (Wildman–Crippen LogP) is 3.35. The molecule has 0 aliphatic carbocycles. The van der Waals surface area contributed by atoms with Crippen LogP contribution >= 0.6 is 0 Å². The molecular weight excluding hydrogens is 264 g/mol. The highest BCUT2D eigenvalue weighted by Gasteiger charge is 2.09. The highest BCUT2D eigenvalue weighted by molar-refractivity contribution is 5.76. The van der Waals surface area contributed by atoms with Gasteiger partial charge in [0.25, 0.3) is 0 Å². The number of benzene rings is 1. The van der Waals surface area contributed by atoms with Gasteiger partial charge in [0.2, 0.25) is 5.91 Å². The smallest absolute Gasteiger partial charge is 0.220 e. The quantitative estimate of drug-likeness (QED) is 0.886. The lowest BCUT2D eigenvalue weighted by molar-refractivity contribution is -0.121. The summed E-state index contributed by atoms with van der Waals surface area (Å²) in [6.45, 7) is 6.90. The SMILES string of the molecule is Cc1ccc(-c2cnc(CCC(=O)NCC(C)C)o2)cc1. The molecule has 1 aromatic heterocycles. The zero-order valence-electron chi connectivity index (χ0n) is 12.8. The summed E-state index contributed by atoms with van der Waals surface area (Å²) in [6.07, 6.45) is 2.64. The first kappa shape index (κ1) is 15.3. The van der Waals surface area contributed by atoms with Crippen LogP contribution in [0.1, 0.15) is 31.7 Å². The number of carbonyl (C=O) groups excluding carboxylic acids is 1. The minimum atomic E-state index is 0.0405. The lowest BCUT2D eigenvalue weighted by atomic mass is 10.1. The molecule has 1 aromatic carbocycles. The fourth-order valence-electron chi connectivity index (χ4n) is 1.90. The van der Waals surface area contributed by atoms with Crippen LogP contribution in [0.25, 0.3) is 11.3 Å². The Balaban J connectivity index is 1.88. The van der Waals surface area contributed by atoms with Crippen molar-refractivity contribution in [1.29, 1.82) is 0 Å². The van der Waals surface area contributed by atoms with E-state index in [0.717, 1.165) is 11.3 Å². The van der Waals surface area contributed by atoms with Crippen molar-refractivity contribution in [2.45, 2.75) is 33.6 Å². The van der Waals surface area contributed by atoms with Gasteiger partial charge in [0.05, 0.1) is 6.20 Å². The van der Waals surface area contributed by atoms with Crippen LogP contribution in [0.15, 0.2) is 34.9 Å². The van der Waals surface area contributed by atoms with Crippen molar-refractivity contribution >= 4 is 5.91 Å². The molecule has 0 aliphatic rings. The van der Waals surface area contributed by atoms with Gasteiger partial charge in [-0.15, -0.1) is 0 Å². The molecule has 0 unspecified atom stereocenters. The van der Waals surface area contributed by atoms with E-state index in [0.29, 0.717) is 31.2 Å². The summed E-state index contributed by atoms with van der Waals surface area (Å²) in [4.78, 5) is 15.9. The first-order chi connectivity index (χ1) is 10.0.